The highest BCUT2D eigenvalue weighted by Crippen LogP contribution is 2.27. The fourth-order valence-corrected chi connectivity index (χ4v) is 1.83. The molecule has 0 aliphatic heterocycles. The van der Waals surface area contributed by atoms with E-state index in [4.69, 9.17) is 5.11 Å². The second kappa shape index (κ2) is 4.67. The SMILES string of the molecule is O=C(O)c1ccccc1-c1ccc(Br)c(F)c1. The van der Waals surface area contributed by atoms with E-state index in [1.54, 1.807) is 30.3 Å². The van der Waals surface area contributed by atoms with Gasteiger partial charge in [-0.2, -0.15) is 0 Å². The van der Waals surface area contributed by atoms with Crippen molar-refractivity contribution in [2.45, 2.75) is 0 Å². The molecule has 4 heteroatoms. The Morgan fingerprint density at radius 2 is 1.88 bits per heavy atom. The molecular weight excluding hydrogens is 287 g/mol. The first-order chi connectivity index (χ1) is 8.09. The van der Waals surface area contributed by atoms with Gasteiger partial charge in [0, 0.05) is 0 Å². The Balaban J connectivity index is 2.60. The summed E-state index contributed by atoms with van der Waals surface area (Å²) in [5.74, 6) is -1.44. The Morgan fingerprint density at radius 3 is 2.53 bits per heavy atom. The summed E-state index contributed by atoms with van der Waals surface area (Å²) in [6.45, 7) is 0. The van der Waals surface area contributed by atoms with Crippen molar-refractivity contribution >= 4 is 21.9 Å². The van der Waals surface area contributed by atoms with E-state index >= 15 is 0 Å². The van der Waals surface area contributed by atoms with Crippen molar-refractivity contribution in [1.82, 2.24) is 0 Å². The molecule has 0 bridgehead atoms. The van der Waals surface area contributed by atoms with E-state index in [1.165, 1.54) is 12.1 Å². The summed E-state index contributed by atoms with van der Waals surface area (Å²) in [7, 11) is 0. The molecule has 2 aromatic carbocycles. The van der Waals surface area contributed by atoms with Gasteiger partial charge in [0.15, 0.2) is 0 Å². The summed E-state index contributed by atoms with van der Waals surface area (Å²) < 4.78 is 13.8. The molecule has 2 aromatic rings. The monoisotopic (exact) mass is 294 g/mol. The van der Waals surface area contributed by atoms with Crippen LogP contribution >= 0.6 is 15.9 Å². The molecule has 0 radical (unpaired) electrons. The Morgan fingerprint density at radius 1 is 1.18 bits per heavy atom. The van der Waals surface area contributed by atoms with Crippen molar-refractivity contribution in [2.75, 3.05) is 0 Å². The summed E-state index contributed by atoms with van der Waals surface area (Å²) in [5, 5.41) is 9.05. The minimum absolute atomic E-state index is 0.161. The molecule has 2 nitrogen and oxygen atoms in total. The maximum Gasteiger partial charge on any atom is 0.336 e. The number of rotatable bonds is 2. The lowest BCUT2D eigenvalue weighted by molar-refractivity contribution is 0.0697. The zero-order valence-electron chi connectivity index (χ0n) is 8.65. The molecule has 0 spiro atoms. The van der Waals surface area contributed by atoms with Crippen LogP contribution < -0.4 is 0 Å². The maximum absolute atomic E-state index is 13.4. The number of aromatic carboxylic acids is 1. The number of carboxylic acid groups (broad SMARTS) is 1. The summed E-state index contributed by atoms with van der Waals surface area (Å²) >= 11 is 3.06. The third-order valence-corrected chi connectivity index (χ3v) is 3.03. The molecule has 0 aromatic heterocycles. The van der Waals surface area contributed by atoms with E-state index < -0.39 is 11.8 Å². The third-order valence-electron chi connectivity index (χ3n) is 2.39. The molecule has 0 aliphatic rings. The van der Waals surface area contributed by atoms with Gasteiger partial charge in [0.1, 0.15) is 5.82 Å². The first-order valence-electron chi connectivity index (χ1n) is 4.87. The zero-order chi connectivity index (χ0) is 12.4. The van der Waals surface area contributed by atoms with E-state index in [0.29, 0.717) is 15.6 Å². The van der Waals surface area contributed by atoms with Gasteiger partial charge in [0.25, 0.3) is 0 Å². The highest BCUT2D eigenvalue weighted by molar-refractivity contribution is 9.10. The van der Waals surface area contributed by atoms with Crippen LogP contribution in [0, 0.1) is 5.82 Å². The average Bonchev–Trinajstić information content (AvgIpc) is 2.32. The third kappa shape index (κ3) is 2.36. The van der Waals surface area contributed by atoms with Crippen molar-refractivity contribution in [2.24, 2.45) is 0 Å². The summed E-state index contributed by atoms with van der Waals surface area (Å²) in [4.78, 5) is 11.0. The van der Waals surface area contributed by atoms with E-state index in [0.717, 1.165) is 0 Å². The largest absolute Gasteiger partial charge is 0.478 e. The molecule has 1 N–H and O–H groups in total. The highest BCUT2D eigenvalue weighted by atomic mass is 79.9. The molecule has 0 atom stereocenters. The average molecular weight is 295 g/mol. The summed E-state index contributed by atoms with van der Waals surface area (Å²) in [6.07, 6.45) is 0. The van der Waals surface area contributed by atoms with Crippen molar-refractivity contribution in [3.63, 3.8) is 0 Å². The van der Waals surface area contributed by atoms with Crippen LogP contribution in [0.5, 0.6) is 0 Å². The molecule has 86 valence electrons. The van der Waals surface area contributed by atoms with Gasteiger partial charge < -0.3 is 5.11 Å². The lowest BCUT2D eigenvalue weighted by Crippen LogP contribution is -1.99. The molecule has 0 unspecified atom stereocenters. The van der Waals surface area contributed by atoms with E-state index in [9.17, 15) is 9.18 Å². The van der Waals surface area contributed by atoms with Crippen LogP contribution in [0.25, 0.3) is 11.1 Å². The van der Waals surface area contributed by atoms with Crippen LogP contribution in [0.1, 0.15) is 10.4 Å². The maximum atomic E-state index is 13.4. The number of hydrogen-bond acceptors (Lipinski definition) is 1. The molecule has 0 amide bonds. The second-order valence-electron chi connectivity index (χ2n) is 3.48. The summed E-state index contributed by atoms with van der Waals surface area (Å²) in [6, 6.07) is 11.1. The molecule has 0 fully saturated rings. The standard InChI is InChI=1S/C13H8BrFO2/c14-11-6-5-8(7-12(11)15)9-3-1-2-4-10(9)13(16)17/h1-7H,(H,16,17). The number of carboxylic acids is 1. The fraction of sp³-hybridized carbons (Fsp3) is 0. The van der Waals surface area contributed by atoms with Gasteiger partial charge in [0.05, 0.1) is 10.0 Å². The van der Waals surface area contributed by atoms with E-state index in [1.807, 2.05) is 0 Å². The molecule has 2 rings (SSSR count). The number of hydrogen-bond donors (Lipinski definition) is 1. The summed E-state index contributed by atoms with van der Waals surface area (Å²) in [5.41, 5.74) is 1.21. The van der Waals surface area contributed by atoms with Crippen molar-refractivity contribution in [1.29, 1.82) is 0 Å². The fourth-order valence-electron chi connectivity index (χ4n) is 1.59. The van der Waals surface area contributed by atoms with Gasteiger partial charge in [0.2, 0.25) is 0 Å². The van der Waals surface area contributed by atoms with Gasteiger partial charge >= 0.3 is 5.97 Å². The van der Waals surface area contributed by atoms with Gasteiger partial charge in [-0.1, -0.05) is 24.3 Å². The first kappa shape index (κ1) is 11.8. The lowest BCUT2D eigenvalue weighted by atomic mass is 10.00. The lowest BCUT2D eigenvalue weighted by Gasteiger charge is -2.06. The van der Waals surface area contributed by atoms with Crippen LogP contribution in [0.2, 0.25) is 0 Å². The van der Waals surface area contributed by atoms with Crippen LogP contribution in [-0.4, -0.2) is 11.1 Å². The van der Waals surface area contributed by atoms with Crippen LogP contribution in [0.15, 0.2) is 46.9 Å². The van der Waals surface area contributed by atoms with Crippen LogP contribution in [0.3, 0.4) is 0 Å². The van der Waals surface area contributed by atoms with Crippen LogP contribution in [0.4, 0.5) is 4.39 Å². The smallest absolute Gasteiger partial charge is 0.336 e. The first-order valence-corrected chi connectivity index (χ1v) is 5.66. The Labute approximate surface area is 106 Å². The van der Waals surface area contributed by atoms with E-state index in [2.05, 4.69) is 15.9 Å². The normalized spacial score (nSPS) is 10.2. The number of carbonyl (C=O) groups is 1. The van der Waals surface area contributed by atoms with Crippen molar-refractivity contribution in [3.05, 3.63) is 58.3 Å². The Kier molecular flexibility index (Phi) is 3.24. The predicted molar refractivity (Wildman–Crippen MR) is 66.5 cm³/mol. The van der Waals surface area contributed by atoms with Crippen molar-refractivity contribution in [3.8, 4) is 11.1 Å². The molecule has 0 aliphatic carbocycles. The minimum atomic E-state index is -1.02. The molecule has 0 saturated heterocycles. The number of halogens is 2. The Hall–Kier alpha value is -1.68. The predicted octanol–water partition coefficient (Wildman–Crippen LogP) is 3.95. The molecular formula is C13H8BrFO2. The quantitative estimate of drug-likeness (QED) is 0.910. The van der Waals surface area contributed by atoms with Gasteiger partial charge in [-0.25, -0.2) is 9.18 Å². The molecule has 17 heavy (non-hydrogen) atoms. The van der Waals surface area contributed by atoms with Crippen molar-refractivity contribution < 1.29 is 14.3 Å². The topological polar surface area (TPSA) is 37.3 Å². The minimum Gasteiger partial charge on any atom is -0.478 e. The highest BCUT2D eigenvalue weighted by Gasteiger charge is 2.11. The van der Waals surface area contributed by atoms with Crippen LogP contribution in [-0.2, 0) is 0 Å². The van der Waals surface area contributed by atoms with Gasteiger partial charge in [-0.05, 0) is 45.3 Å². The van der Waals surface area contributed by atoms with Gasteiger partial charge in [-0.15, -0.1) is 0 Å². The molecule has 0 saturated carbocycles. The Bertz CT molecular complexity index is 581. The second-order valence-corrected chi connectivity index (χ2v) is 4.33. The van der Waals surface area contributed by atoms with E-state index in [-0.39, 0.29) is 5.56 Å². The zero-order valence-corrected chi connectivity index (χ0v) is 10.2. The molecule has 0 heterocycles. The van der Waals surface area contributed by atoms with Gasteiger partial charge in [-0.3, -0.25) is 0 Å². The number of benzene rings is 2.